The molecule has 1 saturated heterocycles. The van der Waals surface area contributed by atoms with Gasteiger partial charge in [-0.1, -0.05) is 6.92 Å². The van der Waals surface area contributed by atoms with Crippen molar-refractivity contribution in [2.75, 3.05) is 25.0 Å². The fraction of sp³-hybridized carbons (Fsp3) is 0.611. The van der Waals surface area contributed by atoms with E-state index in [1.807, 2.05) is 6.92 Å². The summed E-state index contributed by atoms with van der Waals surface area (Å²) in [5, 5.41) is 0.689. The summed E-state index contributed by atoms with van der Waals surface area (Å²) >= 11 is 0. The monoisotopic (exact) mass is 348 g/mol. The van der Waals surface area contributed by atoms with Crippen molar-refractivity contribution in [3.63, 3.8) is 0 Å². The molecule has 136 valence electrons. The Labute approximate surface area is 152 Å². The molecule has 2 atom stereocenters. The predicted molar refractivity (Wildman–Crippen MR) is 97.7 cm³/mol. The van der Waals surface area contributed by atoms with E-state index in [2.05, 4.69) is 15.0 Å². The van der Waals surface area contributed by atoms with Crippen LogP contribution in [0, 0.1) is 5.92 Å². The van der Waals surface area contributed by atoms with Gasteiger partial charge in [-0.2, -0.15) is 0 Å². The number of rotatable bonds is 2. The van der Waals surface area contributed by atoms with Crippen LogP contribution in [0.4, 0.5) is 10.6 Å². The van der Waals surface area contributed by atoms with E-state index in [0.29, 0.717) is 23.3 Å². The third-order valence-electron chi connectivity index (χ3n) is 4.13. The lowest BCUT2D eigenvalue weighted by Gasteiger charge is -2.42. The summed E-state index contributed by atoms with van der Waals surface area (Å²) in [6, 6.07) is 0.0138. The van der Waals surface area contributed by atoms with Crippen LogP contribution in [0.5, 0.6) is 0 Å². The molecule has 7 heteroatoms. The molecule has 3 rings (SSSR count). The van der Waals surface area contributed by atoms with Crippen LogP contribution in [0.25, 0.3) is 11.0 Å². The molecule has 1 N–H and O–H groups in total. The number of nitrogens with zero attached hydrogens (tertiary/aromatic N) is 4. The zero-order valence-corrected chi connectivity index (χ0v) is 15.3. The normalized spacial score (nSPS) is 28.1. The van der Waals surface area contributed by atoms with Crippen LogP contribution in [-0.2, 0) is 4.74 Å². The third-order valence-corrected chi connectivity index (χ3v) is 4.13. The lowest BCUT2D eigenvalue weighted by atomic mass is 9.92. The Morgan fingerprint density at radius 2 is 2.28 bits per heavy atom. The number of likely N-dealkylation sites (N-methyl/N-ethyl adjacent to an activating group) is 1. The molecule has 0 saturated carbocycles. The van der Waals surface area contributed by atoms with E-state index in [1.165, 1.54) is 11.2 Å². The van der Waals surface area contributed by atoms with Crippen LogP contribution >= 0.6 is 0 Å². The molecule has 0 bridgehead atoms. The van der Waals surface area contributed by atoms with Gasteiger partial charge in [-0.3, -0.25) is 0 Å². The van der Waals surface area contributed by atoms with E-state index in [1.54, 1.807) is 40.1 Å². The molecule has 2 unspecified atom stereocenters. The molecule has 2 aromatic heterocycles. The molecule has 7 nitrogen and oxygen atoms in total. The number of piperidine rings is 1. The van der Waals surface area contributed by atoms with E-state index < -0.39 is 24.2 Å². The highest BCUT2D eigenvalue weighted by Crippen LogP contribution is 2.29. The topological polar surface area (TPSA) is 74.3 Å². The van der Waals surface area contributed by atoms with Gasteiger partial charge in [-0.05, 0) is 39.2 Å². The van der Waals surface area contributed by atoms with Crippen molar-refractivity contribution in [2.45, 2.75) is 45.7 Å². The Balaban J connectivity index is 2.03. The molecule has 0 radical (unpaired) electrons. The van der Waals surface area contributed by atoms with Crippen molar-refractivity contribution in [1.82, 2.24) is 19.9 Å². The second kappa shape index (κ2) is 6.54. The van der Waals surface area contributed by atoms with Crippen LogP contribution in [-0.4, -0.2) is 57.7 Å². The number of carbonyl (C=O) groups is 1. The molecule has 25 heavy (non-hydrogen) atoms. The van der Waals surface area contributed by atoms with Gasteiger partial charge in [0.1, 0.15) is 23.4 Å². The van der Waals surface area contributed by atoms with Gasteiger partial charge in [0, 0.05) is 26.3 Å². The number of amides is 1. The first-order valence-electron chi connectivity index (χ1n) is 9.92. The summed E-state index contributed by atoms with van der Waals surface area (Å²) in [6.07, 6.45) is 2.81. The van der Waals surface area contributed by atoms with Crippen LogP contribution in [0.2, 0.25) is 0 Å². The number of fused-ring (bicyclic) bond motifs is 1. The van der Waals surface area contributed by atoms with Crippen molar-refractivity contribution in [2.24, 2.45) is 5.92 Å². The van der Waals surface area contributed by atoms with Crippen LogP contribution in [0.3, 0.4) is 0 Å². The predicted octanol–water partition coefficient (Wildman–Crippen LogP) is 3.04. The fourth-order valence-electron chi connectivity index (χ4n) is 2.86. The van der Waals surface area contributed by atoms with Gasteiger partial charge >= 0.3 is 6.09 Å². The van der Waals surface area contributed by atoms with Gasteiger partial charge in [0.2, 0.25) is 0 Å². The standard InChI is InChI=1S/C18H27N5O2/c1-12-7-9-23(17(24)25-18(2,3)4)10-14(12)22(5)16-13-6-8-19-15(13)20-11-21-16/h6,8,11-12,14H,7,9-10H2,1-5H3,(H,19,20,21)/i10D2,14D. The smallest absolute Gasteiger partial charge is 0.410 e. The molecule has 0 aliphatic carbocycles. The Bertz CT molecular complexity index is 881. The van der Waals surface area contributed by atoms with Gasteiger partial charge in [0.15, 0.2) is 0 Å². The first-order chi connectivity index (χ1) is 12.9. The molecule has 2 aromatic rings. The summed E-state index contributed by atoms with van der Waals surface area (Å²) in [4.78, 5) is 26.7. The van der Waals surface area contributed by atoms with Crippen LogP contribution in [0.1, 0.15) is 38.2 Å². The van der Waals surface area contributed by atoms with E-state index in [-0.39, 0.29) is 12.5 Å². The minimum atomic E-state index is -2.31. The molecule has 1 aliphatic rings. The van der Waals surface area contributed by atoms with Crippen molar-refractivity contribution in [3.05, 3.63) is 18.6 Å². The number of hydrogen-bond acceptors (Lipinski definition) is 5. The molecule has 1 aliphatic heterocycles. The number of aromatic amines is 1. The molecular weight excluding hydrogens is 318 g/mol. The maximum absolute atomic E-state index is 12.7. The first kappa shape index (κ1) is 13.9. The highest BCUT2D eigenvalue weighted by atomic mass is 16.6. The number of hydrogen-bond donors (Lipinski definition) is 1. The lowest BCUT2D eigenvalue weighted by molar-refractivity contribution is 0.0165. The van der Waals surface area contributed by atoms with Crippen LogP contribution < -0.4 is 4.90 Å². The van der Waals surface area contributed by atoms with Gasteiger partial charge in [-0.25, -0.2) is 14.8 Å². The summed E-state index contributed by atoms with van der Waals surface area (Å²) in [7, 11) is 1.63. The van der Waals surface area contributed by atoms with Crippen LogP contribution in [0.15, 0.2) is 18.6 Å². The van der Waals surface area contributed by atoms with Crippen molar-refractivity contribution >= 4 is 22.9 Å². The largest absolute Gasteiger partial charge is 0.444 e. The quantitative estimate of drug-likeness (QED) is 0.903. The Morgan fingerprint density at radius 3 is 3.00 bits per heavy atom. The maximum Gasteiger partial charge on any atom is 0.410 e. The number of aromatic nitrogens is 3. The minimum absolute atomic E-state index is 0.181. The number of H-pyrrole nitrogens is 1. The summed E-state index contributed by atoms with van der Waals surface area (Å²) in [5.74, 6) is 0.0677. The SMILES string of the molecule is [2H]C1([2H])N(C(=O)OC(C)(C)C)CCC(C)C1([2H])N(C)c1ncnc2[nH]ccc12. The van der Waals surface area contributed by atoms with E-state index >= 15 is 0 Å². The zero-order chi connectivity index (χ0) is 20.9. The average molecular weight is 348 g/mol. The zero-order valence-electron chi connectivity index (χ0n) is 18.3. The second-order valence-electron chi connectivity index (χ2n) is 7.31. The summed E-state index contributed by atoms with van der Waals surface area (Å²) in [5.41, 5.74) is -0.148. The highest BCUT2D eigenvalue weighted by molar-refractivity contribution is 5.87. The molecule has 3 heterocycles. The fourth-order valence-corrected chi connectivity index (χ4v) is 2.86. The molecule has 1 amide bonds. The Morgan fingerprint density at radius 1 is 1.52 bits per heavy atom. The average Bonchev–Trinajstić information content (AvgIpc) is 3.06. The van der Waals surface area contributed by atoms with Crippen molar-refractivity contribution in [1.29, 1.82) is 0 Å². The lowest BCUT2D eigenvalue weighted by Crippen LogP contribution is -2.53. The molecule has 1 fully saturated rings. The van der Waals surface area contributed by atoms with Gasteiger partial charge in [0.05, 0.1) is 15.5 Å². The highest BCUT2D eigenvalue weighted by Gasteiger charge is 2.34. The third kappa shape index (κ3) is 3.70. The molecule has 0 spiro atoms. The first-order valence-corrected chi connectivity index (χ1v) is 8.42. The number of nitrogens with one attached hydrogen (secondary N) is 1. The minimum Gasteiger partial charge on any atom is -0.444 e. The van der Waals surface area contributed by atoms with Crippen molar-refractivity contribution < 1.29 is 13.6 Å². The van der Waals surface area contributed by atoms with E-state index in [9.17, 15) is 6.17 Å². The van der Waals surface area contributed by atoms with Gasteiger partial charge < -0.3 is 19.5 Å². The van der Waals surface area contributed by atoms with Crippen molar-refractivity contribution in [3.8, 4) is 0 Å². The van der Waals surface area contributed by atoms with Gasteiger partial charge in [0.25, 0.3) is 0 Å². The Hall–Kier alpha value is -2.31. The number of likely N-dealkylation sites (tertiary alicyclic amines) is 1. The number of ether oxygens (including phenoxy) is 1. The number of anilines is 1. The second-order valence-corrected chi connectivity index (χ2v) is 7.31. The maximum atomic E-state index is 12.7. The summed E-state index contributed by atoms with van der Waals surface area (Å²) < 4.78 is 32.1. The molecule has 0 aromatic carbocycles. The van der Waals surface area contributed by atoms with E-state index in [4.69, 9.17) is 7.48 Å². The number of carbonyl (C=O) groups excluding carboxylic acids is 1. The Kier molecular flexibility index (Phi) is 3.64. The van der Waals surface area contributed by atoms with E-state index in [0.717, 1.165) is 4.90 Å². The molecular formula is C18H27N5O2. The summed E-state index contributed by atoms with van der Waals surface area (Å²) in [6.45, 7) is 4.89. The van der Waals surface area contributed by atoms with Gasteiger partial charge in [-0.15, -0.1) is 0 Å².